The van der Waals surface area contributed by atoms with Gasteiger partial charge in [0, 0.05) is 12.5 Å². The third kappa shape index (κ3) is 5.19. The lowest BCUT2D eigenvalue weighted by molar-refractivity contribution is -0.111. The molecule has 1 saturated carbocycles. The summed E-state index contributed by atoms with van der Waals surface area (Å²) in [6.07, 6.45) is 2.97. The lowest BCUT2D eigenvalue weighted by Gasteiger charge is -2.21. The molecule has 1 rings (SSSR count). The summed E-state index contributed by atoms with van der Waals surface area (Å²) in [6.45, 7) is 8.68. The molecule has 5 nitrogen and oxygen atoms in total. The van der Waals surface area contributed by atoms with E-state index in [2.05, 4.69) is 12.2 Å². The molecule has 19 heavy (non-hydrogen) atoms. The quantitative estimate of drug-likeness (QED) is 0.570. The molecule has 5 heteroatoms. The molecule has 0 spiro atoms. The number of unbranched alkanes of at least 4 members (excludes halogenated alkanes) is 1. The van der Waals surface area contributed by atoms with E-state index in [1.54, 1.807) is 20.8 Å². The van der Waals surface area contributed by atoms with E-state index in [1.807, 2.05) is 0 Å². The SMILES string of the molecule is CCCCOC[C@@H]1C[C@]1(C=O)NC(=O)OC(C)(C)C. The second kappa shape index (κ2) is 6.37. The molecule has 0 aromatic heterocycles. The number of aldehydes is 1. The van der Waals surface area contributed by atoms with Gasteiger partial charge in [-0.05, 0) is 33.6 Å². The van der Waals surface area contributed by atoms with E-state index in [1.165, 1.54) is 0 Å². The molecule has 0 aliphatic heterocycles. The number of alkyl carbamates (subject to hydrolysis) is 1. The van der Waals surface area contributed by atoms with Crippen LogP contribution < -0.4 is 5.32 Å². The van der Waals surface area contributed by atoms with Gasteiger partial charge in [0.1, 0.15) is 17.4 Å². The second-order valence-electron chi connectivity index (χ2n) is 6.11. The van der Waals surface area contributed by atoms with Gasteiger partial charge >= 0.3 is 6.09 Å². The summed E-state index contributed by atoms with van der Waals surface area (Å²) in [7, 11) is 0. The normalized spacial score (nSPS) is 25.8. The van der Waals surface area contributed by atoms with Crippen LogP contribution in [-0.2, 0) is 14.3 Å². The number of carbonyl (C=O) groups excluding carboxylic acids is 2. The molecule has 1 amide bonds. The molecule has 2 atom stereocenters. The Bertz CT molecular complexity index is 324. The molecule has 0 aromatic rings. The first-order valence-corrected chi connectivity index (χ1v) is 6.88. The van der Waals surface area contributed by atoms with Crippen molar-refractivity contribution in [2.45, 2.75) is 58.1 Å². The molecule has 0 aromatic carbocycles. The zero-order valence-corrected chi connectivity index (χ0v) is 12.3. The summed E-state index contributed by atoms with van der Waals surface area (Å²) in [5.41, 5.74) is -1.34. The Hall–Kier alpha value is -1.10. The van der Waals surface area contributed by atoms with Gasteiger partial charge < -0.3 is 19.6 Å². The fourth-order valence-electron chi connectivity index (χ4n) is 1.85. The first-order valence-electron chi connectivity index (χ1n) is 6.88. The van der Waals surface area contributed by atoms with Crippen LogP contribution in [0.4, 0.5) is 4.79 Å². The molecular formula is C14H25NO4. The van der Waals surface area contributed by atoms with Crippen molar-refractivity contribution in [1.82, 2.24) is 5.32 Å². The average Bonchev–Trinajstić information content (AvgIpc) is 2.96. The van der Waals surface area contributed by atoms with E-state index >= 15 is 0 Å². The molecule has 1 aliphatic carbocycles. The van der Waals surface area contributed by atoms with Gasteiger partial charge in [-0.15, -0.1) is 0 Å². The smallest absolute Gasteiger partial charge is 0.408 e. The molecule has 1 N–H and O–H groups in total. The zero-order valence-electron chi connectivity index (χ0n) is 12.3. The predicted molar refractivity (Wildman–Crippen MR) is 72.0 cm³/mol. The molecule has 0 unspecified atom stereocenters. The number of hydrogen-bond acceptors (Lipinski definition) is 4. The van der Waals surface area contributed by atoms with Crippen LogP contribution in [0.3, 0.4) is 0 Å². The summed E-state index contributed by atoms with van der Waals surface area (Å²) in [5, 5.41) is 2.66. The maximum absolute atomic E-state index is 11.7. The van der Waals surface area contributed by atoms with Crippen molar-refractivity contribution in [2.24, 2.45) is 5.92 Å². The van der Waals surface area contributed by atoms with Crippen molar-refractivity contribution in [1.29, 1.82) is 0 Å². The zero-order chi connectivity index (χ0) is 14.5. The first-order chi connectivity index (χ1) is 8.83. The van der Waals surface area contributed by atoms with Crippen molar-refractivity contribution < 1.29 is 19.1 Å². The Morgan fingerprint density at radius 1 is 1.47 bits per heavy atom. The minimum atomic E-state index is -0.783. The third-order valence-electron chi connectivity index (χ3n) is 3.06. The lowest BCUT2D eigenvalue weighted by Crippen LogP contribution is -2.43. The first kappa shape index (κ1) is 16.0. The van der Waals surface area contributed by atoms with Crippen LogP contribution in [-0.4, -0.2) is 36.7 Å². The second-order valence-corrected chi connectivity index (χ2v) is 6.11. The van der Waals surface area contributed by atoms with Gasteiger partial charge in [-0.25, -0.2) is 4.79 Å². The van der Waals surface area contributed by atoms with Crippen LogP contribution in [0.5, 0.6) is 0 Å². The van der Waals surface area contributed by atoms with E-state index < -0.39 is 17.2 Å². The molecule has 1 aliphatic rings. The number of nitrogens with one attached hydrogen (secondary N) is 1. The number of ether oxygens (including phenoxy) is 2. The molecule has 0 heterocycles. The number of hydrogen-bond donors (Lipinski definition) is 1. The molecule has 110 valence electrons. The van der Waals surface area contributed by atoms with Crippen LogP contribution in [0, 0.1) is 5.92 Å². The highest BCUT2D eigenvalue weighted by Crippen LogP contribution is 2.42. The van der Waals surface area contributed by atoms with Gasteiger partial charge in [-0.3, -0.25) is 0 Å². The summed E-state index contributed by atoms with van der Waals surface area (Å²) in [5.74, 6) is 0.0642. The van der Waals surface area contributed by atoms with Gasteiger partial charge in [0.15, 0.2) is 0 Å². The number of amides is 1. The largest absolute Gasteiger partial charge is 0.444 e. The minimum absolute atomic E-state index is 0.0642. The van der Waals surface area contributed by atoms with Gasteiger partial charge in [0.05, 0.1) is 6.61 Å². The van der Waals surface area contributed by atoms with Crippen LogP contribution in [0.2, 0.25) is 0 Å². The summed E-state index contributed by atoms with van der Waals surface area (Å²) in [6, 6.07) is 0. The summed E-state index contributed by atoms with van der Waals surface area (Å²) in [4.78, 5) is 22.8. The Labute approximate surface area is 115 Å². The van der Waals surface area contributed by atoms with Crippen LogP contribution in [0.15, 0.2) is 0 Å². The van der Waals surface area contributed by atoms with Crippen molar-refractivity contribution in [2.75, 3.05) is 13.2 Å². The third-order valence-corrected chi connectivity index (χ3v) is 3.06. The summed E-state index contributed by atoms with van der Waals surface area (Å²) < 4.78 is 10.6. The van der Waals surface area contributed by atoms with E-state index in [-0.39, 0.29) is 5.92 Å². The minimum Gasteiger partial charge on any atom is -0.444 e. The predicted octanol–water partition coefficient (Wildman–Crippen LogP) is 2.29. The van der Waals surface area contributed by atoms with E-state index in [0.29, 0.717) is 19.6 Å². The van der Waals surface area contributed by atoms with Crippen LogP contribution in [0.25, 0.3) is 0 Å². The van der Waals surface area contributed by atoms with E-state index in [9.17, 15) is 9.59 Å². The van der Waals surface area contributed by atoms with Crippen molar-refractivity contribution in [3.05, 3.63) is 0 Å². The Morgan fingerprint density at radius 3 is 2.68 bits per heavy atom. The van der Waals surface area contributed by atoms with E-state index in [0.717, 1.165) is 19.1 Å². The molecule has 0 radical (unpaired) electrons. The Kier molecular flexibility index (Phi) is 5.35. The average molecular weight is 271 g/mol. The van der Waals surface area contributed by atoms with Gasteiger partial charge in [-0.1, -0.05) is 13.3 Å². The number of carbonyl (C=O) groups is 2. The van der Waals surface area contributed by atoms with Crippen LogP contribution in [0.1, 0.15) is 47.0 Å². The highest BCUT2D eigenvalue weighted by Gasteiger charge is 2.56. The fraction of sp³-hybridized carbons (Fsp3) is 0.857. The molecule has 0 saturated heterocycles. The molecule has 0 bridgehead atoms. The van der Waals surface area contributed by atoms with Crippen LogP contribution >= 0.6 is 0 Å². The fourth-order valence-corrected chi connectivity index (χ4v) is 1.85. The molecular weight excluding hydrogens is 246 g/mol. The van der Waals surface area contributed by atoms with Crippen molar-refractivity contribution >= 4 is 12.4 Å². The maximum Gasteiger partial charge on any atom is 0.408 e. The monoisotopic (exact) mass is 271 g/mol. The Morgan fingerprint density at radius 2 is 2.16 bits per heavy atom. The lowest BCUT2D eigenvalue weighted by atomic mass is 10.2. The molecule has 1 fully saturated rings. The Balaban J connectivity index is 2.35. The van der Waals surface area contributed by atoms with Gasteiger partial charge in [0.2, 0.25) is 0 Å². The topological polar surface area (TPSA) is 64.6 Å². The maximum atomic E-state index is 11.7. The number of rotatable bonds is 7. The highest BCUT2D eigenvalue weighted by atomic mass is 16.6. The van der Waals surface area contributed by atoms with Gasteiger partial charge in [-0.2, -0.15) is 0 Å². The van der Waals surface area contributed by atoms with Crippen molar-refractivity contribution in [3.63, 3.8) is 0 Å². The van der Waals surface area contributed by atoms with Crippen molar-refractivity contribution in [3.8, 4) is 0 Å². The standard InChI is InChI=1S/C14H25NO4/c1-5-6-7-18-9-11-8-14(11,10-16)15-12(17)19-13(2,3)4/h10-11H,5-9H2,1-4H3,(H,15,17)/t11-,14+/m0/s1. The highest BCUT2D eigenvalue weighted by molar-refractivity contribution is 5.80. The summed E-state index contributed by atoms with van der Waals surface area (Å²) >= 11 is 0. The van der Waals surface area contributed by atoms with Gasteiger partial charge in [0.25, 0.3) is 0 Å². The van der Waals surface area contributed by atoms with E-state index in [4.69, 9.17) is 9.47 Å².